The van der Waals surface area contributed by atoms with E-state index in [0.717, 1.165) is 12.0 Å². The summed E-state index contributed by atoms with van der Waals surface area (Å²) in [6, 6.07) is 4.63. The number of carbonyl (C=O) groups is 3. The van der Waals surface area contributed by atoms with Gasteiger partial charge in [0.25, 0.3) is 5.91 Å². The molecule has 2 rings (SSSR count). The molecule has 128 valence electrons. The number of nitrogens with one attached hydrogen (secondary N) is 1. The Labute approximate surface area is 140 Å². The number of aryl methyl sites for hydroxylation is 1. The number of hydrogen-bond acceptors (Lipinski definition) is 5. The highest BCUT2D eigenvalue weighted by Crippen LogP contribution is 2.23. The first kappa shape index (κ1) is 17.7. The number of furan rings is 1. The van der Waals surface area contributed by atoms with Gasteiger partial charge in [-0.05, 0) is 38.0 Å². The van der Waals surface area contributed by atoms with Gasteiger partial charge in [0, 0.05) is 11.8 Å². The van der Waals surface area contributed by atoms with Gasteiger partial charge in [-0.3, -0.25) is 9.59 Å². The van der Waals surface area contributed by atoms with Crippen molar-refractivity contribution in [2.45, 2.75) is 39.7 Å². The predicted octanol–water partition coefficient (Wildman–Crippen LogP) is 2.64. The van der Waals surface area contributed by atoms with Crippen molar-refractivity contribution in [2.75, 3.05) is 6.61 Å². The highest BCUT2D eigenvalue weighted by molar-refractivity contribution is 6.07. The minimum Gasteiger partial charge on any atom is -0.464 e. The quantitative estimate of drug-likeness (QED) is 0.788. The zero-order valence-electron chi connectivity index (χ0n) is 14.0. The van der Waals surface area contributed by atoms with Crippen molar-refractivity contribution in [3.8, 4) is 0 Å². The number of amides is 1. The molecule has 1 heterocycles. The average Bonchev–Trinajstić information content (AvgIpc) is 2.96. The lowest BCUT2D eigenvalue weighted by Gasteiger charge is -2.15. The van der Waals surface area contributed by atoms with E-state index in [9.17, 15) is 14.4 Å². The minimum atomic E-state index is -1.01. The van der Waals surface area contributed by atoms with Crippen molar-refractivity contribution in [1.29, 1.82) is 0 Å². The summed E-state index contributed by atoms with van der Waals surface area (Å²) in [4.78, 5) is 35.8. The molecule has 1 amide bonds. The monoisotopic (exact) mass is 331 g/mol. The molecule has 1 atom stereocenters. The molecule has 1 aromatic carbocycles. The Balaban J connectivity index is 2.26. The molecule has 6 heteroatoms. The maximum Gasteiger partial charge on any atom is 0.329 e. The second-order valence-electron chi connectivity index (χ2n) is 5.52. The zero-order chi connectivity index (χ0) is 17.7. The van der Waals surface area contributed by atoms with Crippen LogP contribution in [0.1, 0.15) is 43.1 Å². The van der Waals surface area contributed by atoms with Gasteiger partial charge < -0.3 is 14.5 Å². The molecule has 0 radical (unpaired) electrons. The zero-order valence-corrected chi connectivity index (χ0v) is 14.0. The number of ether oxygens (including phenoxy) is 1. The molecule has 0 saturated carbocycles. The molecule has 0 aliphatic heterocycles. The third kappa shape index (κ3) is 4.01. The van der Waals surface area contributed by atoms with E-state index < -0.39 is 17.9 Å². The summed E-state index contributed by atoms with van der Waals surface area (Å²) in [5, 5.41) is 3.25. The smallest absolute Gasteiger partial charge is 0.329 e. The van der Waals surface area contributed by atoms with Crippen LogP contribution in [0, 0.1) is 0 Å². The Bertz CT molecular complexity index is 762. The van der Waals surface area contributed by atoms with E-state index in [1.165, 1.54) is 13.2 Å². The van der Waals surface area contributed by atoms with E-state index >= 15 is 0 Å². The van der Waals surface area contributed by atoms with E-state index in [4.69, 9.17) is 9.15 Å². The van der Waals surface area contributed by atoms with Gasteiger partial charge in [0.1, 0.15) is 23.7 Å². The van der Waals surface area contributed by atoms with Gasteiger partial charge in [-0.25, -0.2) is 4.79 Å². The molecule has 1 aromatic heterocycles. The minimum absolute atomic E-state index is 0.111. The summed E-state index contributed by atoms with van der Waals surface area (Å²) in [5.41, 5.74) is 2.00. The standard InChI is InChI=1S/C18H21NO5/c1-4-12-6-7-16-13(9-12)14(10-24-16)17(21)19-15(8-11(3)20)18(22)23-5-2/h6-7,9-10,15H,4-5,8H2,1-3H3,(H,19,21). The number of benzene rings is 1. The largest absolute Gasteiger partial charge is 0.464 e. The highest BCUT2D eigenvalue weighted by atomic mass is 16.5. The molecule has 0 bridgehead atoms. The summed E-state index contributed by atoms with van der Waals surface area (Å²) in [5.74, 6) is -1.30. The first-order valence-corrected chi connectivity index (χ1v) is 7.93. The van der Waals surface area contributed by atoms with Crippen molar-refractivity contribution >= 4 is 28.6 Å². The Kier molecular flexibility index (Phi) is 5.73. The van der Waals surface area contributed by atoms with Gasteiger partial charge in [0.15, 0.2) is 0 Å². The van der Waals surface area contributed by atoms with Crippen LogP contribution in [-0.4, -0.2) is 30.3 Å². The fraction of sp³-hybridized carbons (Fsp3) is 0.389. The first-order chi connectivity index (χ1) is 11.5. The van der Waals surface area contributed by atoms with Crippen LogP contribution in [0.25, 0.3) is 11.0 Å². The molecule has 0 fully saturated rings. The maximum absolute atomic E-state index is 12.5. The highest BCUT2D eigenvalue weighted by Gasteiger charge is 2.25. The number of carbonyl (C=O) groups excluding carboxylic acids is 3. The molecule has 0 spiro atoms. The van der Waals surface area contributed by atoms with Crippen molar-refractivity contribution in [1.82, 2.24) is 5.32 Å². The van der Waals surface area contributed by atoms with Gasteiger partial charge in [-0.15, -0.1) is 0 Å². The second-order valence-corrected chi connectivity index (χ2v) is 5.52. The van der Waals surface area contributed by atoms with Crippen molar-refractivity contribution in [2.24, 2.45) is 0 Å². The van der Waals surface area contributed by atoms with E-state index in [-0.39, 0.29) is 18.8 Å². The van der Waals surface area contributed by atoms with Crippen molar-refractivity contribution in [3.63, 3.8) is 0 Å². The number of fused-ring (bicyclic) bond motifs is 1. The predicted molar refractivity (Wildman–Crippen MR) is 88.8 cm³/mol. The second kappa shape index (κ2) is 7.77. The van der Waals surface area contributed by atoms with Gasteiger partial charge in [0.05, 0.1) is 12.2 Å². The number of ketones is 1. The van der Waals surface area contributed by atoms with Crippen LogP contribution in [0.5, 0.6) is 0 Å². The van der Waals surface area contributed by atoms with Crippen LogP contribution >= 0.6 is 0 Å². The summed E-state index contributed by atoms with van der Waals surface area (Å²) in [6.45, 7) is 5.22. The van der Waals surface area contributed by atoms with Crippen molar-refractivity contribution in [3.05, 3.63) is 35.6 Å². The molecule has 0 saturated heterocycles. The summed E-state index contributed by atoms with van der Waals surface area (Å²) in [6.07, 6.45) is 2.08. The van der Waals surface area contributed by atoms with Gasteiger partial charge in [-0.2, -0.15) is 0 Å². The topological polar surface area (TPSA) is 85.6 Å². The Morgan fingerprint density at radius 1 is 1.25 bits per heavy atom. The molecule has 24 heavy (non-hydrogen) atoms. The van der Waals surface area contributed by atoms with Crippen LogP contribution in [0.4, 0.5) is 0 Å². The summed E-state index contributed by atoms with van der Waals surface area (Å²) < 4.78 is 10.3. The van der Waals surface area contributed by atoms with Crippen LogP contribution in [0.3, 0.4) is 0 Å². The summed E-state index contributed by atoms with van der Waals surface area (Å²) >= 11 is 0. The maximum atomic E-state index is 12.5. The lowest BCUT2D eigenvalue weighted by molar-refractivity contribution is -0.146. The molecular weight excluding hydrogens is 310 g/mol. The Morgan fingerprint density at radius 3 is 2.62 bits per heavy atom. The van der Waals surface area contributed by atoms with E-state index in [1.807, 2.05) is 25.1 Å². The Hall–Kier alpha value is -2.63. The van der Waals surface area contributed by atoms with E-state index in [0.29, 0.717) is 16.5 Å². The van der Waals surface area contributed by atoms with E-state index in [2.05, 4.69) is 5.32 Å². The fourth-order valence-electron chi connectivity index (χ4n) is 2.43. The van der Waals surface area contributed by atoms with Crippen LogP contribution in [-0.2, 0) is 20.7 Å². The van der Waals surface area contributed by atoms with Crippen LogP contribution < -0.4 is 5.32 Å². The fourth-order valence-corrected chi connectivity index (χ4v) is 2.43. The molecule has 0 aliphatic rings. The number of hydrogen-bond donors (Lipinski definition) is 1. The molecular formula is C18H21NO5. The number of rotatable bonds is 7. The molecule has 0 aliphatic carbocycles. The number of Topliss-reactive ketones (excluding diaryl/α,β-unsaturated/α-hetero) is 1. The molecule has 1 N–H and O–H groups in total. The molecule has 1 unspecified atom stereocenters. The third-order valence-electron chi connectivity index (χ3n) is 3.66. The third-order valence-corrected chi connectivity index (χ3v) is 3.66. The van der Waals surface area contributed by atoms with Gasteiger partial charge in [0.2, 0.25) is 0 Å². The SMILES string of the molecule is CCOC(=O)C(CC(C)=O)NC(=O)c1coc2ccc(CC)cc12. The first-order valence-electron chi connectivity index (χ1n) is 7.93. The lowest BCUT2D eigenvalue weighted by Crippen LogP contribution is -2.43. The molecule has 2 aromatic rings. The van der Waals surface area contributed by atoms with Crippen molar-refractivity contribution < 1.29 is 23.5 Å². The van der Waals surface area contributed by atoms with Crippen LogP contribution in [0.2, 0.25) is 0 Å². The summed E-state index contributed by atoms with van der Waals surface area (Å²) in [7, 11) is 0. The average molecular weight is 331 g/mol. The Morgan fingerprint density at radius 2 is 2.00 bits per heavy atom. The number of esters is 1. The van der Waals surface area contributed by atoms with E-state index in [1.54, 1.807) is 6.92 Å². The molecule has 6 nitrogen and oxygen atoms in total. The normalized spacial score (nSPS) is 12.0. The van der Waals surface area contributed by atoms with Gasteiger partial charge in [-0.1, -0.05) is 13.0 Å². The van der Waals surface area contributed by atoms with Crippen LogP contribution in [0.15, 0.2) is 28.9 Å². The van der Waals surface area contributed by atoms with Gasteiger partial charge >= 0.3 is 5.97 Å². The lowest BCUT2D eigenvalue weighted by atomic mass is 10.1.